The maximum Gasteiger partial charge on any atom is 0.341 e. The van der Waals surface area contributed by atoms with Crippen molar-refractivity contribution in [2.45, 2.75) is 70.4 Å². The summed E-state index contributed by atoms with van der Waals surface area (Å²) in [7, 11) is 0. The Hall–Kier alpha value is -3.46. The molecule has 9 heteroatoms. The van der Waals surface area contributed by atoms with Gasteiger partial charge in [-0.2, -0.15) is 0 Å². The average molecular weight is 483 g/mol. The lowest BCUT2D eigenvalue weighted by Gasteiger charge is -2.39. The molecule has 0 bridgehead atoms. The summed E-state index contributed by atoms with van der Waals surface area (Å²) < 4.78 is 23.4. The number of carbonyl (C=O) groups excluding carboxylic acids is 1. The van der Waals surface area contributed by atoms with Gasteiger partial charge in [0.2, 0.25) is 0 Å². The molecule has 0 radical (unpaired) electrons. The van der Waals surface area contributed by atoms with Crippen LogP contribution in [0.4, 0.5) is 0 Å². The van der Waals surface area contributed by atoms with Gasteiger partial charge in [-0.25, -0.2) is 4.79 Å². The normalized spacial score (nSPS) is 26.6. The Bertz CT molecular complexity index is 1340. The molecule has 4 heterocycles. The number of nitrogens with one attached hydrogen (secondary N) is 1. The molecule has 3 aliphatic heterocycles. The Balaban J connectivity index is 1.32. The number of nitrogens with two attached hydrogens (primary N) is 1. The van der Waals surface area contributed by atoms with E-state index in [1.807, 2.05) is 19.9 Å². The van der Waals surface area contributed by atoms with E-state index in [1.54, 1.807) is 19.9 Å². The molecule has 4 N–H and O–H groups in total. The number of dihydropyridines is 1. The lowest BCUT2D eigenvalue weighted by Crippen LogP contribution is -2.50. The van der Waals surface area contributed by atoms with E-state index in [4.69, 9.17) is 24.4 Å². The molecule has 1 aromatic heterocycles. The van der Waals surface area contributed by atoms with Gasteiger partial charge < -0.3 is 34.8 Å². The molecule has 1 aromatic carbocycles. The highest BCUT2D eigenvalue weighted by atomic mass is 16.7. The van der Waals surface area contributed by atoms with Crippen LogP contribution in [0.1, 0.15) is 44.9 Å². The van der Waals surface area contributed by atoms with Gasteiger partial charge in [-0.15, -0.1) is 0 Å². The lowest BCUT2D eigenvalue weighted by atomic mass is 9.89. The third kappa shape index (κ3) is 4.14. The molecule has 35 heavy (non-hydrogen) atoms. The molecule has 1 fully saturated rings. The summed E-state index contributed by atoms with van der Waals surface area (Å²) >= 11 is 0. The highest BCUT2D eigenvalue weighted by Gasteiger charge is 2.60. The minimum atomic E-state index is -1.04. The SMILES string of the molecule is Cc1cc(=O)c2c(O)c3c(cc2o1)OC(C)(C)[C@H](OC(=O)[C@@]1(C)O[C@@H]1CCC1=CCNC(N)=C1)C3. The van der Waals surface area contributed by atoms with Crippen LogP contribution in [0.5, 0.6) is 11.5 Å². The van der Waals surface area contributed by atoms with Crippen LogP contribution in [0, 0.1) is 6.92 Å². The number of aromatic hydroxyl groups is 1. The lowest BCUT2D eigenvalue weighted by molar-refractivity contribution is -0.166. The number of phenols is 1. The van der Waals surface area contributed by atoms with Crippen LogP contribution in [0.25, 0.3) is 11.0 Å². The number of fused-ring (bicyclic) bond motifs is 2. The minimum absolute atomic E-state index is 0.0854. The Morgan fingerprint density at radius 1 is 1.31 bits per heavy atom. The zero-order valence-corrected chi connectivity index (χ0v) is 20.3. The summed E-state index contributed by atoms with van der Waals surface area (Å²) in [5.41, 5.74) is 5.32. The summed E-state index contributed by atoms with van der Waals surface area (Å²) in [6, 6.07) is 2.94. The first-order valence-corrected chi connectivity index (χ1v) is 11.8. The molecular formula is C26H30N2O7. The zero-order valence-electron chi connectivity index (χ0n) is 20.3. The zero-order chi connectivity index (χ0) is 25.1. The van der Waals surface area contributed by atoms with Gasteiger partial charge in [0.25, 0.3) is 0 Å². The predicted molar refractivity (Wildman–Crippen MR) is 128 cm³/mol. The van der Waals surface area contributed by atoms with Crippen molar-refractivity contribution < 1.29 is 28.5 Å². The van der Waals surface area contributed by atoms with Gasteiger partial charge in [-0.05, 0) is 52.2 Å². The highest BCUT2D eigenvalue weighted by molar-refractivity contribution is 5.87. The van der Waals surface area contributed by atoms with Gasteiger partial charge in [0, 0.05) is 30.7 Å². The van der Waals surface area contributed by atoms with Crippen LogP contribution >= 0.6 is 0 Å². The Kier molecular flexibility index (Phi) is 5.36. The predicted octanol–water partition coefficient (Wildman–Crippen LogP) is 2.70. The highest BCUT2D eigenvalue weighted by Crippen LogP contribution is 2.45. The third-order valence-electron chi connectivity index (χ3n) is 7.02. The van der Waals surface area contributed by atoms with Crippen molar-refractivity contribution in [1.29, 1.82) is 0 Å². The van der Waals surface area contributed by atoms with Crippen LogP contribution in [0.2, 0.25) is 0 Å². The third-order valence-corrected chi connectivity index (χ3v) is 7.02. The fourth-order valence-corrected chi connectivity index (χ4v) is 4.80. The number of epoxide rings is 1. The number of hydrogen-bond donors (Lipinski definition) is 3. The fraction of sp³-hybridized carbons (Fsp3) is 0.462. The molecular weight excluding hydrogens is 452 g/mol. The van der Waals surface area contributed by atoms with Gasteiger partial charge in [-0.3, -0.25) is 4.79 Å². The van der Waals surface area contributed by atoms with Crippen LogP contribution < -0.4 is 21.2 Å². The molecule has 0 amide bonds. The monoisotopic (exact) mass is 482 g/mol. The number of allylic oxidation sites excluding steroid dienone is 2. The van der Waals surface area contributed by atoms with Crippen molar-refractivity contribution in [2.24, 2.45) is 5.73 Å². The van der Waals surface area contributed by atoms with Crippen molar-refractivity contribution >= 4 is 16.9 Å². The van der Waals surface area contributed by atoms with Crippen LogP contribution in [0.3, 0.4) is 0 Å². The number of benzene rings is 1. The Labute approximate surface area is 202 Å². The van der Waals surface area contributed by atoms with E-state index in [0.29, 0.717) is 35.9 Å². The topological polar surface area (TPSA) is 137 Å². The van der Waals surface area contributed by atoms with Gasteiger partial charge in [0.15, 0.2) is 11.0 Å². The van der Waals surface area contributed by atoms with E-state index >= 15 is 0 Å². The number of ether oxygens (including phenoxy) is 3. The van der Waals surface area contributed by atoms with Gasteiger partial charge >= 0.3 is 5.97 Å². The smallest absolute Gasteiger partial charge is 0.341 e. The second kappa shape index (κ2) is 8.05. The second-order valence-corrected chi connectivity index (χ2v) is 10.1. The molecule has 3 aliphatic rings. The molecule has 5 rings (SSSR count). The van der Waals surface area contributed by atoms with Crippen molar-refractivity contribution in [3.05, 3.63) is 57.2 Å². The summed E-state index contributed by atoms with van der Waals surface area (Å²) in [6.07, 6.45) is 4.59. The molecule has 2 aromatic rings. The van der Waals surface area contributed by atoms with Crippen molar-refractivity contribution in [3.8, 4) is 11.5 Å². The summed E-state index contributed by atoms with van der Waals surface area (Å²) in [5, 5.41) is 14.0. The molecule has 0 aliphatic carbocycles. The molecule has 1 saturated heterocycles. The van der Waals surface area contributed by atoms with E-state index in [9.17, 15) is 14.7 Å². The largest absolute Gasteiger partial charge is 0.507 e. The van der Waals surface area contributed by atoms with E-state index in [1.165, 1.54) is 6.07 Å². The minimum Gasteiger partial charge on any atom is -0.507 e. The number of rotatable bonds is 5. The summed E-state index contributed by atoms with van der Waals surface area (Å²) in [4.78, 5) is 25.6. The second-order valence-electron chi connectivity index (χ2n) is 10.1. The first kappa shape index (κ1) is 23.3. The first-order valence-electron chi connectivity index (χ1n) is 11.8. The van der Waals surface area contributed by atoms with Gasteiger partial charge in [0.1, 0.15) is 39.9 Å². The number of esters is 1. The average Bonchev–Trinajstić information content (AvgIpc) is 3.44. The molecule has 3 atom stereocenters. The molecule has 0 spiro atoms. The molecule has 0 saturated carbocycles. The number of aryl methyl sites for hydroxylation is 1. The first-order chi connectivity index (χ1) is 16.5. The Morgan fingerprint density at radius 2 is 2.09 bits per heavy atom. The molecule has 0 unspecified atom stereocenters. The maximum atomic E-state index is 13.1. The maximum absolute atomic E-state index is 13.1. The van der Waals surface area contributed by atoms with Gasteiger partial charge in [-0.1, -0.05) is 6.08 Å². The van der Waals surface area contributed by atoms with Crippen LogP contribution in [0.15, 0.2) is 44.9 Å². The molecule has 9 nitrogen and oxygen atoms in total. The van der Waals surface area contributed by atoms with E-state index in [-0.39, 0.29) is 34.7 Å². The summed E-state index contributed by atoms with van der Waals surface area (Å²) in [5.74, 6) is 0.780. The quantitative estimate of drug-likeness (QED) is 0.434. The Morgan fingerprint density at radius 3 is 2.83 bits per heavy atom. The van der Waals surface area contributed by atoms with Crippen molar-refractivity contribution in [2.75, 3.05) is 6.54 Å². The summed E-state index contributed by atoms with van der Waals surface area (Å²) in [6.45, 7) is 7.71. The van der Waals surface area contributed by atoms with Crippen LogP contribution in [-0.2, 0) is 20.7 Å². The number of hydrogen-bond acceptors (Lipinski definition) is 9. The van der Waals surface area contributed by atoms with Crippen LogP contribution in [-0.4, -0.2) is 41.0 Å². The number of phenolic OH excluding ortho intramolecular Hbond substituents is 1. The van der Waals surface area contributed by atoms with Crippen molar-refractivity contribution in [1.82, 2.24) is 5.32 Å². The standard InChI is InChI=1S/C26H30N2O7/c1-13-9-16(29)22-18(32-13)12-17-15(23(22)30)11-20(25(2,3)34-17)33-24(31)26(4)19(35-26)6-5-14-7-8-28-21(27)10-14/h7,9-10,12,19-20,28,30H,5-6,8,11,27H2,1-4H3/t19-,20-,26+/m1/s1. The van der Waals surface area contributed by atoms with E-state index in [0.717, 1.165) is 12.0 Å². The van der Waals surface area contributed by atoms with E-state index in [2.05, 4.69) is 11.4 Å². The number of carbonyl (C=O) groups is 1. The molecule has 186 valence electrons. The van der Waals surface area contributed by atoms with Gasteiger partial charge in [0.05, 0.1) is 11.9 Å². The fourth-order valence-electron chi connectivity index (χ4n) is 4.80. The van der Waals surface area contributed by atoms with Crippen molar-refractivity contribution in [3.63, 3.8) is 0 Å². The van der Waals surface area contributed by atoms with E-state index < -0.39 is 23.3 Å².